The Labute approximate surface area is 109 Å². The molecule has 8 heteroatoms. The predicted molar refractivity (Wildman–Crippen MR) is 68.2 cm³/mol. The Kier molecular flexibility index (Phi) is 3.55. The summed E-state index contributed by atoms with van der Waals surface area (Å²) in [7, 11) is 1.51. The van der Waals surface area contributed by atoms with Crippen molar-refractivity contribution in [3.63, 3.8) is 0 Å². The predicted octanol–water partition coefficient (Wildman–Crippen LogP) is 1.60. The van der Waals surface area contributed by atoms with E-state index in [-0.39, 0.29) is 0 Å². The topological polar surface area (TPSA) is 71.2 Å². The highest BCUT2D eigenvalue weighted by Gasteiger charge is 2.15. The lowest BCUT2D eigenvalue weighted by atomic mass is 10.4. The Bertz CT molecular complexity index is 545. The van der Waals surface area contributed by atoms with E-state index in [9.17, 15) is 4.21 Å². The van der Waals surface area contributed by atoms with Crippen LogP contribution in [0.15, 0.2) is 35.3 Å². The first-order valence-electron chi connectivity index (χ1n) is 4.60. The van der Waals surface area contributed by atoms with E-state index in [4.69, 9.17) is 4.55 Å². The van der Waals surface area contributed by atoms with Crippen LogP contribution < -0.4 is 4.31 Å². The Morgan fingerprint density at radius 2 is 2.35 bits per heavy atom. The highest BCUT2D eigenvalue weighted by atomic mass is 79.9. The number of nitrogens with zero attached hydrogens (tertiary/aromatic N) is 4. The van der Waals surface area contributed by atoms with Gasteiger partial charge in [0.1, 0.15) is 5.69 Å². The lowest BCUT2D eigenvalue weighted by molar-refractivity contribution is 0.562. The number of pyridine rings is 1. The molecule has 1 atom stereocenters. The van der Waals surface area contributed by atoms with E-state index in [0.717, 1.165) is 5.69 Å². The van der Waals surface area contributed by atoms with Crippen LogP contribution in [0, 0.1) is 0 Å². The molecule has 2 heterocycles. The van der Waals surface area contributed by atoms with Crippen molar-refractivity contribution in [1.82, 2.24) is 14.8 Å². The Hall–Kier alpha value is -1.25. The van der Waals surface area contributed by atoms with E-state index in [1.165, 1.54) is 11.4 Å². The van der Waals surface area contributed by atoms with Crippen molar-refractivity contribution in [2.45, 2.75) is 0 Å². The second-order valence-corrected chi connectivity index (χ2v) is 4.95. The number of hydrogen-bond donors (Lipinski definition) is 1. The maximum absolute atomic E-state index is 11.0. The molecule has 2 aromatic rings. The van der Waals surface area contributed by atoms with Gasteiger partial charge >= 0.3 is 0 Å². The summed E-state index contributed by atoms with van der Waals surface area (Å²) >= 11 is 1.16. The van der Waals surface area contributed by atoms with Crippen molar-refractivity contribution in [3.05, 3.63) is 35.3 Å². The molecule has 0 amide bonds. The van der Waals surface area contributed by atoms with Crippen LogP contribution in [0.1, 0.15) is 0 Å². The van der Waals surface area contributed by atoms with Crippen molar-refractivity contribution < 1.29 is 8.76 Å². The molecule has 90 valence electrons. The smallest absolute Gasteiger partial charge is 0.261 e. The fourth-order valence-corrected chi connectivity index (χ4v) is 2.22. The molecule has 0 aliphatic rings. The Balaban J connectivity index is 2.41. The maximum Gasteiger partial charge on any atom is 0.261 e. The molecule has 2 rings (SSSR count). The minimum atomic E-state index is -2.08. The minimum Gasteiger partial charge on any atom is -0.289 e. The van der Waals surface area contributed by atoms with Gasteiger partial charge in [0.05, 0.1) is 18.1 Å². The summed E-state index contributed by atoms with van der Waals surface area (Å²) in [4.78, 5) is 3.98. The molecule has 0 saturated heterocycles. The van der Waals surface area contributed by atoms with E-state index in [1.807, 2.05) is 6.07 Å². The lowest BCUT2D eigenvalue weighted by Gasteiger charge is -2.10. The van der Waals surface area contributed by atoms with Gasteiger partial charge in [-0.25, -0.2) is 8.89 Å². The third-order valence-corrected chi connectivity index (χ3v) is 3.37. The first-order valence-corrected chi connectivity index (χ1v) is 6.45. The summed E-state index contributed by atoms with van der Waals surface area (Å²) in [5.41, 5.74) is 1.30. The van der Waals surface area contributed by atoms with Crippen LogP contribution in [0.4, 0.5) is 5.69 Å². The van der Waals surface area contributed by atoms with Crippen LogP contribution in [0.5, 0.6) is 0 Å². The van der Waals surface area contributed by atoms with Gasteiger partial charge in [0.25, 0.3) is 11.3 Å². The third kappa shape index (κ3) is 2.54. The fourth-order valence-electron chi connectivity index (χ4n) is 1.26. The zero-order valence-corrected chi connectivity index (χ0v) is 11.2. The molecule has 0 aliphatic heterocycles. The fraction of sp³-hybridized carbons (Fsp3) is 0.111. The summed E-state index contributed by atoms with van der Waals surface area (Å²) in [6, 6.07) is 3.63. The van der Waals surface area contributed by atoms with Crippen LogP contribution in [0.3, 0.4) is 0 Å². The van der Waals surface area contributed by atoms with Crippen molar-refractivity contribution in [2.24, 2.45) is 0 Å². The Morgan fingerprint density at radius 3 is 2.94 bits per heavy atom. The second-order valence-electron chi connectivity index (χ2n) is 3.19. The Morgan fingerprint density at radius 1 is 1.59 bits per heavy atom. The first kappa shape index (κ1) is 12.2. The molecule has 0 bridgehead atoms. The molecule has 0 spiro atoms. The monoisotopic (exact) mass is 316 g/mol. The molecule has 1 unspecified atom stereocenters. The van der Waals surface area contributed by atoms with E-state index in [0.29, 0.717) is 10.3 Å². The summed E-state index contributed by atoms with van der Waals surface area (Å²) < 4.78 is 23.2. The van der Waals surface area contributed by atoms with Crippen molar-refractivity contribution in [2.75, 3.05) is 11.4 Å². The van der Waals surface area contributed by atoms with Crippen LogP contribution in [-0.2, 0) is 11.3 Å². The molecule has 0 fully saturated rings. The summed E-state index contributed by atoms with van der Waals surface area (Å²) in [6.45, 7) is 0. The van der Waals surface area contributed by atoms with Crippen LogP contribution >= 0.6 is 15.9 Å². The highest BCUT2D eigenvalue weighted by molar-refractivity contribution is 9.10. The van der Waals surface area contributed by atoms with E-state index in [2.05, 4.69) is 26.0 Å². The number of aromatic nitrogens is 3. The molecule has 0 saturated carbocycles. The zero-order chi connectivity index (χ0) is 12.4. The molecule has 0 radical (unpaired) electrons. The van der Waals surface area contributed by atoms with Gasteiger partial charge in [-0.3, -0.25) is 13.8 Å². The van der Waals surface area contributed by atoms with Crippen LogP contribution in [-0.4, -0.2) is 30.6 Å². The molecule has 2 aromatic heterocycles. The normalized spacial score (nSPS) is 12.4. The van der Waals surface area contributed by atoms with Gasteiger partial charge in [0.2, 0.25) is 0 Å². The summed E-state index contributed by atoms with van der Waals surface area (Å²) in [5, 5.41) is 4.19. The number of hydrogen-bond acceptors (Lipinski definition) is 3. The van der Waals surface area contributed by atoms with E-state index < -0.39 is 11.3 Å². The van der Waals surface area contributed by atoms with Gasteiger partial charge in [-0.2, -0.15) is 5.10 Å². The average molecular weight is 317 g/mol. The minimum absolute atomic E-state index is 0.492. The van der Waals surface area contributed by atoms with Gasteiger partial charge < -0.3 is 0 Å². The van der Waals surface area contributed by atoms with Crippen molar-refractivity contribution in [1.29, 1.82) is 0 Å². The molecular formula is C9H9BrN4O2S. The van der Waals surface area contributed by atoms with Crippen LogP contribution in [0.25, 0.3) is 5.69 Å². The zero-order valence-electron chi connectivity index (χ0n) is 8.82. The van der Waals surface area contributed by atoms with Crippen molar-refractivity contribution >= 4 is 32.9 Å². The summed E-state index contributed by atoms with van der Waals surface area (Å²) in [5.74, 6) is 0. The maximum atomic E-state index is 11.0. The largest absolute Gasteiger partial charge is 0.289 e. The van der Waals surface area contributed by atoms with Gasteiger partial charge in [0.15, 0.2) is 4.60 Å². The molecule has 0 aliphatic carbocycles. The molecule has 6 nitrogen and oxygen atoms in total. The quantitative estimate of drug-likeness (QED) is 0.873. The molecular weight excluding hydrogens is 308 g/mol. The van der Waals surface area contributed by atoms with Gasteiger partial charge in [-0.15, -0.1) is 0 Å². The second kappa shape index (κ2) is 4.94. The number of rotatable bonds is 3. The molecule has 17 heavy (non-hydrogen) atoms. The molecule has 1 N–H and O–H groups in total. The van der Waals surface area contributed by atoms with E-state index in [1.54, 1.807) is 29.3 Å². The summed E-state index contributed by atoms with van der Waals surface area (Å²) in [6.07, 6.45) is 4.96. The van der Waals surface area contributed by atoms with Gasteiger partial charge in [-0.05, 0) is 28.1 Å². The van der Waals surface area contributed by atoms with Gasteiger partial charge in [0, 0.05) is 13.2 Å². The van der Waals surface area contributed by atoms with Crippen molar-refractivity contribution in [3.8, 4) is 5.69 Å². The van der Waals surface area contributed by atoms with Gasteiger partial charge in [-0.1, -0.05) is 0 Å². The average Bonchev–Trinajstić information content (AvgIpc) is 2.71. The first-order chi connectivity index (χ1) is 8.09. The standard InChI is InChI=1S/C9H9BrN4O2S/c1-13(17(15)16)8-6-14(12-9(8)10)7-3-2-4-11-5-7/h2-6H,1H3,(H,15,16). The number of anilines is 1. The lowest BCUT2D eigenvalue weighted by Crippen LogP contribution is -2.18. The SMILES string of the molecule is CN(c1cn(-c2cccnc2)nc1Br)S(=O)O. The highest BCUT2D eigenvalue weighted by Crippen LogP contribution is 2.25. The molecule has 0 aromatic carbocycles. The third-order valence-electron chi connectivity index (χ3n) is 2.14. The van der Waals surface area contributed by atoms with Crippen LogP contribution in [0.2, 0.25) is 0 Å². The number of halogens is 1. The van der Waals surface area contributed by atoms with E-state index >= 15 is 0 Å².